The molecule has 0 aromatic heterocycles. The Hall–Kier alpha value is -0.570. The van der Waals surface area contributed by atoms with E-state index in [-0.39, 0.29) is 13.0 Å². The summed E-state index contributed by atoms with van der Waals surface area (Å²) in [5, 5.41) is 16.7. The van der Waals surface area contributed by atoms with Crippen molar-refractivity contribution in [3.05, 3.63) is 0 Å². The molecule has 3 heteroatoms. The van der Waals surface area contributed by atoms with E-state index in [0.29, 0.717) is 0 Å². The Balaban J connectivity index is 2.85. The summed E-state index contributed by atoms with van der Waals surface area (Å²) in [5.41, 5.74) is 0. The predicted octanol–water partition coefficient (Wildman–Crippen LogP) is 1.40. The fourth-order valence-electron chi connectivity index (χ4n) is 0.918. The van der Waals surface area contributed by atoms with Gasteiger partial charge in [-0.25, -0.2) is 0 Å². The largest absolute Gasteiger partial charge is 0.481 e. The van der Waals surface area contributed by atoms with Crippen molar-refractivity contribution in [1.29, 1.82) is 0 Å². The lowest BCUT2D eigenvalue weighted by atomic mass is 10.1. The Kier molecular flexibility index (Phi) is 7.15. The van der Waals surface area contributed by atoms with Gasteiger partial charge in [0.05, 0.1) is 0 Å². The fraction of sp³-hybridized carbons (Fsp3) is 0.875. The molecule has 3 nitrogen and oxygen atoms in total. The second-order valence-corrected chi connectivity index (χ2v) is 2.64. The van der Waals surface area contributed by atoms with Crippen LogP contribution < -0.4 is 0 Å². The van der Waals surface area contributed by atoms with E-state index >= 15 is 0 Å². The maximum Gasteiger partial charge on any atom is 0.303 e. The van der Waals surface area contributed by atoms with Crippen molar-refractivity contribution in [2.24, 2.45) is 0 Å². The second kappa shape index (κ2) is 7.54. The lowest BCUT2D eigenvalue weighted by Gasteiger charge is -1.96. The number of hydrogen-bond acceptors (Lipinski definition) is 2. The molecule has 0 amide bonds. The molecule has 0 aliphatic rings. The molecule has 0 spiro atoms. The van der Waals surface area contributed by atoms with Gasteiger partial charge >= 0.3 is 5.97 Å². The van der Waals surface area contributed by atoms with Crippen molar-refractivity contribution in [2.75, 3.05) is 6.61 Å². The van der Waals surface area contributed by atoms with Crippen LogP contribution >= 0.6 is 0 Å². The summed E-state index contributed by atoms with van der Waals surface area (Å²) in [7, 11) is 0. The molecule has 0 aromatic carbocycles. The third kappa shape index (κ3) is 9.43. The van der Waals surface area contributed by atoms with Crippen LogP contribution in [0.25, 0.3) is 0 Å². The Morgan fingerprint density at radius 1 is 1.00 bits per heavy atom. The van der Waals surface area contributed by atoms with E-state index in [1.807, 2.05) is 0 Å². The summed E-state index contributed by atoms with van der Waals surface area (Å²) in [6.45, 7) is 0.249. The average molecular weight is 160 g/mol. The monoisotopic (exact) mass is 160 g/mol. The number of aliphatic hydroxyl groups is 1. The van der Waals surface area contributed by atoms with E-state index in [4.69, 9.17) is 10.2 Å². The Bertz CT molecular complexity index is 102. The summed E-state index contributed by atoms with van der Waals surface area (Å²) < 4.78 is 0. The van der Waals surface area contributed by atoms with Crippen LogP contribution in [-0.2, 0) is 4.79 Å². The number of aliphatic hydroxyl groups excluding tert-OH is 1. The first kappa shape index (κ1) is 10.4. The smallest absolute Gasteiger partial charge is 0.303 e. The Labute approximate surface area is 67.0 Å². The van der Waals surface area contributed by atoms with Crippen LogP contribution in [0.5, 0.6) is 0 Å². The topological polar surface area (TPSA) is 57.5 Å². The van der Waals surface area contributed by atoms with Crippen molar-refractivity contribution in [2.45, 2.75) is 38.5 Å². The van der Waals surface area contributed by atoms with Gasteiger partial charge in [-0.2, -0.15) is 0 Å². The highest BCUT2D eigenvalue weighted by atomic mass is 16.4. The lowest BCUT2D eigenvalue weighted by Crippen LogP contribution is -1.93. The van der Waals surface area contributed by atoms with Gasteiger partial charge in [-0.3, -0.25) is 4.79 Å². The standard InChI is InChI=1S/C8H16O3/c9-7-5-3-1-2-4-6-8(10)11/h9H,1-7H2,(H,10,11). The zero-order valence-electron chi connectivity index (χ0n) is 6.75. The molecule has 66 valence electrons. The summed E-state index contributed by atoms with van der Waals surface area (Å²) in [4.78, 5) is 10.0. The van der Waals surface area contributed by atoms with Gasteiger partial charge in [-0.15, -0.1) is 0 Å². The molecule has 0 saturated carbocycles. The Morgan fingerprint density at radius 3 is 2.09 bits per heavy atom. The van der Waals surface area contributed by atoms with Crippen molar-refractivity contribution in [3.63, 3.8) is 0 Å². The highest BCUT2D eigenvalue weighted by Crippen LogP contribution is 2.04. The zero-order valence-corrected chi connectivity index (χ0v) is 6.75. The van der Waals surface area contributed by atoms with Gasteiger partial charge in [0.2, 0.25) is 0 Å². The van der Waals surface area contributed by atoms with Crippen molar-refractivity contribution in [3.8, 4) is 0 Å². The van der Waals surface area contributed by atoms with Gasteiger partial charge in [-0.05, 0) is 12.8 Å². The number of rotatable bonds is 7. The quantitative estimate of drug-likeness (QED) is 0.553. The van der Waals surface area contributed by atoms with Crippen LogP contribution in [0.4, 0.5) is 0 Å². The lowest BCUT2D eigenvalue weighted by molar-refractivity contribution is -0.137. The number of carboxylic acids is 1. The van der Waals surface area contributed by atoms with E-state index in [9.17, 15) is 4.79 Å². The first-order valence-electron chi connectivity index (χ1n) is 4.10. The molecular formula is C8H16O3. The van der Waals surface area contributed by atoms with Gasteiger partial charge in [0.15, 0.2) is 0 Å². The molecule has 0 aliphatic carbocycles. The molecule has 11 heavy (non-hydrogen) atoms. The van der Waals surface area contributed by atoms with Crippen LogP contribution in [0.1, 0.15) is 38.5 Å². The van der Waals surface area contributed by atoms with E-state index in [0.717, 1.165) is 32.1 Å². The highest BCUT2D eigenvalue weighted by Gasteiger charge is 1.95. The van der Waals surface area contributed by atoms with Crippen molar-refractivity contribution >= 4 is 5.97 Å². The van der Waals surface area contributed by atoms with Crippen LogP contribution in [0, 0.1) is 0 Å². The fourth-order valence-corrected chi connectivity index (χ4v) is 0.918. The molecule has 0 atom stereocenters. The minimum absolute atomic E-state index is 0.249. The van der Waals surface area contributed by atoms with Crippen LogP contribution in [0.3, 0.4) is 0 Å². The summed E-state index contributed by atoms with van der Waals surface area (Å²) in [6, 6.07) is 0. The normalized spacial score (nSPS) is 9.91. The maximum absolute atomic E-state index is 10.0. The molecule has 0 unspecified atom stereocenters. The summed E-state index contributed by atoms with van der Waals surface area (Å²) >= 11 is 0. The van der Waals surface area contributed by atoms with Crippen molar-refractivity contribution in [1.82, 2.24) is 0 Å². The maximum atomic E-state index is 10.0. The Morgan fingerprint density at radius 2 is 1.55 bits per heavy atom. The van der Waals surface area contributed by atoms with Crippen LogP contribution in [-0.4, -0.2) is 22.8 Å². The first-order chi connectivity index (χ1) is 5.27. The van der Waals surface area contributed by atoms with E-state index in [1.165, 1.54) is 0 Å². The van der Waals surface area contributed by atoms with E-state index in [1.54, 1.807) is 0 Å². The molecular weight excluding hydrogens is 144 g/mol. The van der Waals surface area contributed by atoms with Gasteiger partial charge < -0.3 is 10.2 Å². The molecule has 0 radical (unpaired) electrons. The average Bonchev–Trinajstić information content (AvgIpc) is 1.96. The van der Waals surface area contributed by atoms with Crippen molar-refractivity contribution < 1.29 is 15.0 Å². The second-order valence-electron chi connectivity index (χ2n) is 2.64. The van der Waals surface area contributed by atoms with Crippen LogP contribution in [0.2, 0.25) is 0 Å². The minimum atomic E-state index is -0.716. The van der Waals surface area contributed by atoms with Gasteiger partial charge in [0.25, 0.3) is 0 Å². The molecule has 0 rings (SSSR count). The van der Waals surface area contributed by atoms with Gasteiger partial charge in [0.1, 0.15) is 0 Å². The molecule has 0 bridgehead atoms. The predicted molar refractivity (Wildman–Crippen MR) is 42.4 cm³/mol. The number of carbonyl (C=O) groups is 1. The SMILES string of the molecule is O=C(O)CCCCCCCO. The first-order valence-corrected chi connectivity index (χ1v) is 4.10. The molecule has 0 aromatic rings. The number of aliphatic carboxylic acids is 1. The van der Waals surface area contributed by atoms with Crippen LogP contribution in [0.15, 0.2) is 0 Å². The minimum Gasteiger partial charge on any atom is -0.481 e. The molecule has 0 aliphatic heterocycles. The molecule has 0 fully saturated rings. The number of hydrogen-bond donors (Lipinski definition) is 2. The third-order valence-electron chi connectivity index (χ3n) is 1.55. The summed E-state index contributed by atoms with van der Waals surface area (Å²) in [6.07, 6.45) is 4.89. The summed E-state index contributed by atoms with van der Waals surface area (Å²) in [5.74, 6) is -0.716. The van der Waals surface area contributed by atoms with Gasteiger partial charge in [0, 0.05) is 13.0 Å². The third-order valence-corrected chi connectivity index (χ3v) is 1.55. The number of unbranched alkanes of at least 4 members (excludes halogenated alkanes) is 4. The highest BCUT2D eigenvalue weighted by molar-refractivity contribution is 5.66. The van der Waals surface area contributed by atoms with Gasteiger partial charge in [-0.1, -0.05) is 19.3 Å². The zero-order chi connectivity index (χ0) is 8.53. The molecule has 0 saturated heterocycles. The molecule has 2 N–H and O–H groups in total. The number of carboxylic acid groups (broad SMARTS) is 1. The van der Waals surface area contributed by atoms with E-state index in [2.05, 4.69) is 0 Å². The van der Waals surface area contributed by atoms with E-state index < -0.39 is 5.97 Å². The molecule has 0 heterocycles.